The molecule has 4 aromatic heterocycles. The molecule has 0 spiro atoms. The number of benzene rings is 2. The van der Waals surface area contributed by atoms with Gasteiger partial charge in [0.1, 0.15) is 5.56 Å². The fraction of sp³-hybridized carbons (Fsp3) is 0.206. The number of carbonyl (C=O) groups excluding carboxylic acids is 1. The van der Waals surface area contributed by atoms with Crippen LogP contribution in [0.2, 0.25) is 0 Å². The number of nitrogen functional groups attached to an aromatic ring is 1. The lowest BCUT2D eigenvalue weighted by Crippen LogP contribution is -2.32. The summed E-state index contributed by atoms with van der Waals surface area (Å²) in [6.45, 7) is 7.14. The summed E-state index contributed by atoms with van der Waals surface area (Å²) >= 11 is 0. The molecule has 44 heavy (non-hydrogen) atoms. The van der Waals surface area contributed by atoms with E-state index in [1.165, 1.54) is 4.52 Å². The van der Waals surface area contributed by atoms with Crippen LogP contribution >= 0.6 is 0 Å². The van der Waals surface area contributed by atoms with E-state index in [-0.39, 0.29) is 22.4 Å². The first-order chi connectivity index (χ1) is 21.2. The van der Waals surface area contributed by atoms with Crippen LogP contribution in [0.1, 0.15) is 59.7 Å². The SMILES string of the molecule is CC(NC(=O)c1c(N)nn2cccnc12)c1cc2cccc(C#Cc3cnn4c3CC(C)(C)C4)c2c(=O)n1-c1ccccc1. The van der Waals surface area contributed by atoms with Gasteiger partial charge in [-0.1, -0.05) is 56.0 Å². The molecular formula is C34H30N8O2. The third kappa shape index (κ3) is 4.59. The molecule has 5 heterocycles. The van der Waals surface area contributed by atoms with Crippen LogP contribution in [0, 0.1) is 17.3 Å². The largest absolute Gasteiger partial charge is 0.381 e. The molecule has 10 heteroatoms. The van der Waals surface area contributed by atoms with E-state index >= 15 is 0 Å². The van der Waals surface area contributed by atoms with Gasteiger partial charge < -0.3 is 11.1 Å². The molecule has 10 nitrogen and oxygen atoms in total. The van der Waals surface area contributed by atoms with Gasteiger partial charge in [-0.15, -0.1) is 5.10 Å². The summed E-state index contributed by atoms with van der Waals surface area (Å²) in [6.07, 6.45) is 5.96. The molecule has 3 N–H and O–H groups in total. The second-order valence-corrected chi connectivity index (χ2v) is 11.9. The van der Waals surface area contributed by atoms with E-state index in [9.17, 15) is 9.59 Å². The third-order valence-electron chi connectivity index (χ3n) is 8.03. The molecule has 6 aromatic rings. The van der Waals surface area contributed by atoms with Gasteiger partial charge in [-0.05, 0) is 54.5 Å². The Labute approximate surface area is 253 Å². The molecule has 1 amide bonds. The molecule has 218 valence electrons. The van der Waals surface area contributed by atoms with E-state index in [1.54, 1.807) is 29.2 Å². The highest BCUT2D eigenvalue weighted by molar-refractivity contribution is 6.04. The number of aromatic nitrogens is 6. The molecule has 1 atom stereocenters. The molecule has 0 saturated carbocycles. The van der Waals surface area contributed by atoms with Crippen LogP contribution in [0.15, 0.2) is 84.0 Å². The van der Waals surface area contributed by atoms with Crippen LogP contribution in [-0.4, -0.2) is 34.9 Å². The van der Waals surface area contributed by atoms with E-state index in [2.05, 4.69) is 46.2 Å². The maximum absolute atomic E-state index is 14.4. The van der Waals surface area contributed by atoms with Crippen LogP contribution in [-0.2, 0) is 13.0 Å². The number of fused-ring (bicyclic) bond motifs is 3. The number of amides is 1. The summed E-state index contributed by atoms with van der Waals surface area (Å²) in [6, 6.07) is 18.1. The van der Waals surface area contributed by atoms with Gasteiger partial charge >= 0.3 is 0 Å². The number of pyridine rings is 1. The van der Waals surface area contributed by atoms with Crippen molar-refractivity contribution in [3.8, 4) is 17.5 Å². The van der Waals surface area contributed by atoms with Crippen molar-refractivity contribution in [3.63, 3.8) is 0 Å². The minimum absolute atomic E-state index is 0.0724. The molecule has 2 aromatic carbocycles. The lowest BCUT2D eigenvalue weighted by Gasteiger charge is -2.21. The van der Waals surface area contributed by atoms with Crippen molar-refractivity contribution in [3.05, 3.63) is 118 Å². The lowest BCUT2D eigenvalue weighted by molar-refractivity contribution is 0.0941. The van der Waals surface area contributed by atoms with Gasteiger partial charge in [0, 0.05) is 35.9 Å². The summed E-state index contributed by atoms with van der Waals surface area (Å²) in [5.74, 6) is 6.20. The lowest BCUT2D eigenvalue weighted by atomic mass is 9.90. The minimum Gasteiger partial charge on any atom is -0.381 e. The van der Waals surface area contributed by atoms with Gasteiger partial charge in [-0.2, -0.15) is 5.10 Å². The summed E-state index contributed by atoms with van der Waals surface area (Å²) in [5, 5.41) is 13.0. The molecular weight excluding hydrogens is 552 g/mol. The van der Waals surface area contributed by atoms with Crippen molar-refractivity contribution >= 4 is 28.1 Å². The Bertz CT molecular complexity index is 2210. The number of carbonyl (C=O) groups is 1. The molecule has 0 aliphatic carbocycles. The monoisotopic (exact) mass is 582 g/mol. The molecule has 1 aliphatic rings. The standard InChI is InChI=1S/C34H30N8O2/c1-21(38-32(43)29-30(35)39-40-16-8-15-36-31(29)40)26-17-23-10-7-9-22(28(23)33(44)42(26)25-11-5-4-6-12-25)13-14-24-19-37-41-20-34(2,3)18-27(24)41/h4-12,15-17,19,21H,18,20H2,1-3H3,(H2,35,39)(H,38,43). The molecule has 0 fully saturated rings. The Morgan fingerprint density at radius 2 is 1.86 bits per heavy atom. The first-order valence-electron chi connectivity index (χ1n) is 14.4. The van der Waals surface area contributed by atoms with Crippen LogP contribution < -0.4 is 16.6 Å². The molecule has 0 bridgehead atoms. The number of nitrogens with zero attached hydrogens (tertiary/aromatic N) is 6. The first-order valence-corrected chi connectivity index (χ1v) is 14.4. The van der Waals surface area contributed by atoms with E-state index in [0.717, 1.165) is 29.6 Å². The molecule has 1 unspecified atom stereocenters. The Morgan fingerprint density at radius 3 is 2.68 bits per heavy atom. The van der Waals surface area contributed by atoms with Crippen LogP contribution in [0.25, 0.3) is 22.1 Å². The topological polar surface area (TPSA) is 125 Å². The van der Waals surface area contributed by atoms with Crippen molar-refractivity contribution in [2.45, 2.75) is 39.8 Å². The van der Waals surface area contributed by atoms with Crippen molar-refractivity contribution < 1.29 is 4.79 Å². The molecule has 0 radical (unpaired) electrons. The second-order valence-electron chi connectivity index (χ2n) is 11.9. The fourth-order valence-electron chi connectivity index (χ4n) is 6.00. The number of nitrogens with one attached hydrogen (secondary N) is 1. The smallest absolute Gasteiger partial charge is 0.264 e. The zero-order valence-electron chi connectivity index (χ0n) is 24.6. The molecule has 1 aliphatic heterocycles. The maximum Gasteiger partial charge on any atom is 0.264 e. The van der Waals surface area contributed by atoms with Gasteiger partial charge in [0.2, 0.25) is 0 Å². The number of anilines is 1. The van der Waals surface area contributed by atoms with Crippen molar-refractivity contribution in [1.82, 2.24) is 34.3 Å². The Balaban J connectivity index is 1.33. The fourth-order valence-corrected chi connectivity index (χ4v) is 6.00. The van der Waals surface area contributed by atoms with Crippen LogP contribution in [0.3, 0.4) is 0 Å². The van der Waals surface area contributed by atoms with Crippen molar-refractivity contribution in [2.75, 3.05) is 5.73 Å². The predicted octanol–water partition coefficient (Wildman–Crippen LogP) is 4.29. The average molecular weight is 583 g/mol. The zero-order chi connectivity index (χ0) is 30.6. The van der Waals surface area contributed by atoms with E-state index in [4.69, 9.17) is 5.73 Å². The summed E-state index contributed by atoms with van der Waals surface area (Å²) in [7, 11) is 0. The van der Waals surface area contributed by atoms with Crippen LogP contribution in [0.5, 0.6) is 0 Å². The van der Waals surface area contributed by atoms with Gasteiger partial charge in [0.25, 0.3) is 11.5 Å². The number of hydrogen-bond donors (Lipinski definition) is 2. The van der Waals surface area contributed by atoms with Crippen molar-refractivity contribution in [1.29, 1.82) is 0 Å². The van der Waals surface area contributed by atoms with E-state index < -0.39 is 11.9 Å². The quantitative estimate of drug-likeness (QED) is 0.299. The zero-order valence-corrected chi connectivity index (χ0v) is 24.6. The van der Waals surface area contributed by atoms with Gasteiger partial charge in [-0.3, -0.25) is 18.8 Å². The first kappa shape index (κ1) is 27.2. The highest BCUT2D eigenvalue weighted by atomic mass is 16.2. The highest BCUT2D eigenvalue weighted by Gasteiger charge is 2.31. The Morgan fingerprint density at radius 1 is 1.07 bits per heavy atom. The number of nitrogens with two attached hydrogens (primary N) is 1. The van der Waals surface area contributed by atoms with Crippen LogP contribution in [0.4, 0.5) is 5.82 Å². The summed E-state index contributed by atoms with van der Waals surface area (Å²) in [4.78, 5) is 32.2. The number of para-hydroxylation sites is 1. The highest BCUT2D eigenvalue weighted by Crippen LogP contribution is 2.32. The van der Waals surface area contributed by atoms with E-state index in [0.29, 0.717) is 28.0 Å². The second kappa shape index (κ2) is 10.2. The normalized spacial score (nSPS) is 14.2. The minimum atomic E-state index is -0.578. The summed E-state index contributed by atoms with van der Waals surface area (Å²) in [5.41, 5.74) is 10.5. The Hall–Kier alpha value is -5.69. The molecule has 7 rings (SSSR count). The summed E-state index contributed by atoms with van der Waals surface area (Å²) < 4.78 is 5.12. The van der Waals surface area contributed by atoms with Gasteiger partial charge in [0.05, 0.1) is 28.9 Å². The van der Waals surface area contributed by atoms with Gasteiger partial charge in [0.15, 0.2) is 11.5 Å². The van der Waals surface area contributed by atoms with E-state index in [1.807, 2.05) is 66.2 Å². The van der Waals surface area contributed by atoms with Crippen molar-refractivity contribution in [2.24, 2.45) is 5.41 Å². The number of hydrogen-bond acceptors (Lipinski definition) is 6. The number of rotatable bonds is 4. The predicted molar refractivity (Wildman–Crippen MR) is 169 cm³/mol. The average Bonchev–Trinajstić information content (AvgIpc) is 3.64. The molecule has 0 saturated heterocycles. The maximum atomic E-state index is 14.4. The Kier molecular flexibility index (Phi) is 6.32. The van der Waals surface area contributed by atoms with Gasteiger partial charge in [-0.25, -0.2) is 9.50 Å². The third-order valence-corrected chi connectivity index (χ3v) is 8.03.